The van der Waals surface area contributed by atoms with Gasteiger partial charge in [0.15, 0.2) is 0 Å². The standard InChI is InChI=1S/C11H8N2O/c14-11-9-7(3-1-5-12-9)8-4-2-6-13-10(8)11/h1-6,11,14H. The molecule has 1 aliphatic carbocycles. The second-order valence-corrected chi connectivity index (χ2v) is 3.27. The van der Waals surface area contributed by atoms with Gasteiger partial charge in [-0.3, -0.25) is 9.97 Å². The molecule has 0 aliphatic heterocycles. The number of hydrogen-bond acceptors (Lipinski definition) is 3. The van der Waals surface area contributed by atoms with Crippen molar-refractivity contribution < 1.29 is 5.11 Å². The molecule has 68 valence electrons. The van der Waals surface area contributed by atoms with Crippen molar-refractivity contribution in [3.05, 3.63) is 48.0 Å². The molecule has 2 aromatic heterocycles. The molecule has 1 N–H and O–H groups in total. The number of rotatable bonds is 0. The fraction of sp³-hybridized carbons (Fsp3) is 0.0909. The lowest BCUT2D eigenvalue weighted by molar-refractivity contribution is 0.216. The van der Waals surface area contributed by atoms with Gasteiger partial charge in [0.2, 0.25) is 0 Å². The Labute approximate surface area is 81.1 Å². The van der Waals surface area contributed by atoms with Crippen LogP contribution in [0.5, 0.6) is 0 Å². The zero-order valence-corrected chi connectivity index (χ0v) is 7.38. The summed E-state index contributed by atoms with van der Waals surface area (Å²) in [5.41, 5.74) is 3.40. The van der Waals surface area contributed by atoms with Crippen molar-refractivity contribution in [1.29, 1.82) is 0 Å². The quantitative estimate of drug-likeness (QED) is 0.675. The third kappa shape index (κ3) is 0.845. The lowest BCUT2D eigenvalue weighted by Gasteiger charge is -2.01. The summed E-state index contributed by atoms with van der Waals surface area (Å²) in [7, 11) is 0. The van der Waals surface area contributed by atoms with Crippen LogP contribution in [0.25, 0.3) is 11.1 Å². The van der Waals surface area contributed by atoms with E-state index in [0.717, 1.165) is 11.1 Å². The Balaban J connectivity index is 2.36. The molecule has 0 amide bonds. The molecule has 0 bridgehead atoms. The lowest BCUT2D eigenvalue weighted by Crippen LogP contribution is -1.97. The fourth-order valence-corrected chi connectivity index (χ4v) is 1.86. The van der Waals surface area contributed by atoms with Gasteiger partial charge >= 0.3 is 0 Å². The third-order valence-electron chi connectivity index (χ3n) is 2.49. The summed E-state index contributed by atoms with van der Waals surface area (Å²) in [4.78, 5) is 8.33. The van der Waals surface area contributed by atoms with Gasteiger partial charge in [0.05, 0.1) is 11.4 Å². The lowest BCUT2D eigenvalue weighted by atomic mass is 10.1. The van der Waals surface area contributed by atoms with Crippen molar-refractivity contribution in [2.24, 2.45) is 0 Å². The molecule has 3 rings (SSSR count). The number of aliphatic hydroxyl groups is 1. The molecule has 0 aromatic carbocycles. The highest BCUT2D eigenvalue weighted by atomic mass is 16.3. The first-order valence-corrected chi connectivity index (χ1v) is 4.46. The zero-order valence-electron chi connectivity index (χ0n) is 7.38. The molecule has 3 nitrogen and oxygen atoms in total. The van der Waals surface area contributed by atoms with Gasteiger partial charge < -0.3 is 5.11 Å². The molecule has 0 saturated heterocycles. The van der Waals surface area contributed by atoms with Gasteiger partial charge in [-0.25, -0.2) is 0 Å². The first kappa shape index (κ1) is 7.64. The second kappa shape index (κ2) is 2.62. The van der Waals surface area contributed by atoms with E-state index in [4.69, 9.17) is 0 Å². The van der Waals surface area contributed by atoms with Crippen molar-refractivity contribution in [3.8, 4) is 11.1 Å². The summed E-state index contributed by atoms with van der Waals surface area (Å²) in [5.74, 6) is 0. The normalized spacial score (nSPS) is 13.8. The topological polar surface area (TPSA) is 46.0 Å². The maximum Gasteiger partial charge on any atom is 0.139 e. The van der Waals surface area contributed by atoms with Crippen LogP contribution in [0.15, 0.2) is 36.7 Å². The van der Waals surface area contributed by atoms with Crippen molar-refractivity contribution in [2.45, 2.75) is 6.10 Å². The minimum Gasteiger partial charge on any atom is -0.380 e. The minimum atomic E-state index is -0.664. The summed E-state index contributed by atoms with van der Waals surface area (Å²) < 4.78 is 0. The van der Waals surface area contributed by atoms with E-state index in [-0.39, 0.29) is 0 Å². The number of hydrogen-bond donors (Lipinski definition) is 1. The predicted molar refractivity (Wildman–Crippen MR) is 51.5 cm³/mol. The van der Waals surface area contributed by atoms with Crippen molar-refractivity contribution >= 4 is 0 Å². The molecular formula is C11H8N2O. The van der Waals surface area contributed by atoms with Gasteiger partial charge in [0.25, 0.3) is 0 Å². The first-order valence-electron chi connectivity index (χ1n) is 4.46. The highest BCUT2D eigenvalue weighted by Gasteiger charge is 2.28. The molecule has 0 spiro atoms. The monoisotopic (exact) mass is 184 g/mol. The first-order chi connectivity index (χ1) is 6.88. The van der Waals surface area contributed by atoms with E-state index >= 15 is 0 Å². The SMILES string of the molecule is OC1c2ncccc2-c2cccnc21. The number of aliphatic hydroxyl groups excluding tert-OH is 1. The van der Waals surface area contributed by atoms with Crippen LogP contribution in [0.3, 0.4) is 0 Å². The summed E-state index contributed by atoms with van der Waals surface area (Å²) in [6, 6.07) is 7.65. The molecule has 0 saturated carbocycles. The minimum absolute atomic E-state index is 0.664. The molecule has 2 heterocycles. The Kier molecular flexibility index (Phi) is 1.43. The molecule has 0 fully saturated rings. The van der Waals surface area contributed by atoms with Gasteiger partial charge in [0.1, 0.15) is 6.10 Å². The van der Waals surface area contributed by atoms with E-state index in [2.05, 4.69) is 9.97 Å². The van der Waals surface area contributed by atoms with Crippen LogP contribution in [-0.4, -0.2) is 15.1 Å². The van der Waals surface area contributed by atoms with E-state index in [9.17, 15) is 5.11 Å². The Bertz CT molecular complexity index is 451. The summed E-state index contributed by atoms with van der Waals surface area (Å²) in [6.45, 7) is 0. The van der Waals surface area contributed by atoms with Crippen LogP contribution in [0.2, 0.25) is 0 Å². The molecule has 0 unspecified atom stereocenters. The van der Waals surface area contributed by atoms with E-state index < -0.39 is 6.10 Å². The fourth-order valence-electron chi connectivity index (χ4n) is 1.86. The van der Waals surface area contributed by atoms with Crippen molar-refractivity contribution in [2.75, 3.05) is 0 Å². The summed E-state index contributed by atoms with van der Waals surface area (Å²) in [6.07, 6.45) is 2.71. The Morgan fingerprint density at radius 3 is 1.93 bits per heavy atom. The maximum absolute atomic E-state index is 9.91. The molecule has 2 aromatic rings. The molecule has 1 aliphatic rings. The van der Waals surface area contributed by atoms with Crippen molar-refractivity contribution in [3.63, 3.8) is 0 Å². The number of pyridine rings is 2. The molecule has 14 heavy (non-hydrogen) atoms. The predicted octanol–water partition coefficient (Wildman–Crippen LogP) is 1.54. The second-order valence-electron chi connectivity index (χ2n) is 3.27. The smallest absolute Gasteiger partial charge is 0.139 e. The molecule has 3 heteroatoms. The number of aromatic nitrogens is 2. The van der Waals surface area contributed by atoms with Gasteiger partial charge in [-0.2, -0.15) is 0 Å². The molecule has 0 atom stereocenters. The Hall–Kier alpha value is -1.74. The van der Waals surface area contributed by atoms with Crippen LogP contribution >= 0.6 is 0 Å². The number of nitrogens with zero attached hydrogens (tertiary/aromatic N) is 2. The van der Waals surface area contributed by atoms with E-state index in [1.165, 1.54) is 0 Å². The molecule has 0 radical (unpaired) electrons. The van der Waals surface area contributed by atoms with Crippen LogP contribution in [0, 0.1) is 0 Å². The summed E-state index contributed by atoms with van der Waals surface area (Å²) in [5, 5.41) is 9.91. The van der Waals surface area contributed by atoms with Gasteiger partial charge in [-0.15, -0.1) is 0 Å². The van der Waals surface area contributed by atoms with Crippen LogP contribution in [-0.2, 0) is 0 Å². The van der Waals surface area contributed by atoms with Crippen molar-refractivity contribution in [1.82, 2.24) is 9.97 Å². The average Bonchev–Trinajstić information content (AvgIpc) is 2.55. The van der Waals surface area contributed by atoms with Crippen LogP contribution < -0.4 is 0 Å². The van der Waals surface area contributed by atoms with Crippen LogP contribution in [0.1, 0.15) is 17.5 Å². The van der Waals surface area contributed by atoms with Gasteiger partial charge in [-0.1, -0.05) is 12.1 Å². The van der Waals surface area contributed by atoms with Gasteiger partial charge in [0, 0.05) is 23.5 Å². The van der Waals surface area contributed by atoms with Gasteiger partial charge in [-0.05, 0) is 12.1 Å². The van der Waals surface area contributed by atoms with Crippen LogP contribution in [0.4, 0.5) is 0 Å². The Morgan fingerprint density at radius 1 is 0.929 bits per heavy atom. The average molecular weight is 184 g/mol. The maximum atomic E-state index is 9.91. The molecular weight excluding hydrogens is 176 g/mol. The van der Waals surface area contributed by atoms with E-state index in [0.29, 0.717) is 11.4 Å². The van der Waals surface area contributed by atoms with E-state index in [1.54, 1.807) is 12.4 Å². The zero-order chi connectivity index (χ0) is 9.54. The number of fused-ring (bicyclic) bond motifs is 3. The summed E-state index contributed by atoms with van der Waals surface area (Å²) >= 11 is 0. The highest BCUT2D eigenvalue weighted by molar-refractivity contribution is 5.74. The third-order valence-corrected chi connectivity index (χ3v) is 2.49. The highest BCUT2D eigenvalue weighted by Crippen LogP contribution is 2.40. The largest absolute Gasteiger partial charge is 0.380 e. The van der Waals surface area contributed by atoms with E-state index in [1.807, 2.05) is 24.3 Å². The Morgan fingerprint density at radius 2 is 1.43 bits per heavy atom.